The average Bonchev–Trinajstić information content (AvgIpc) is 2.51. The van der Waals surface area contributed by atoms with E-state index in [1.165, 1.54) is 4.90 Å². The lowest BCUT2D eigenvalue weighted by Gasteiger charge is -2.17. The number of halogens is 2. The number of benzene rings is 1. The van der Waals surface area contributed by atoms with Gasteiger partial charge in [-0.25, -0.2) is 8.78 Å². The van der Waals surface area contributed by atoms with Gasteiger partial charge >= 0.3 is 0 Å². The number of nitrogens with zero attached hydrogens (tertiary/aromatic N) is 1. The number of carbonyl (C=O) groups is 1. The molecule has 1 aliphatic heterocycles. The van der Waals surface area contributed by atoms with Crippen LogP contribution in [0.25, 0.3) is 0 Å². The van der Waals surface area contributed by atoms with E-state index in [0.717, 1.165) is 6.07 Å². The Kier molecular flexibility index (Phi) is 2.75. The summed E-state index contributed by atoms with van der Waals surface area (Å²) in [6, 6.07) is 1.47. The standard InChI is InChI=1S/C10H9F2NO2S/c11-6-2-8(9(14)3-7(6)12)13-4-5(16)1-10(13)15/h2-3,5,14,16H,1,4H2. The molecule has 1 N–H and O–H groups in total. The largest absolute Gasteiger partial charge is 0.506 e. The lowest BCUT2D eigenvalue weighted by molar-refractivity contribution is -0.117. The molecule has 1 fully saturated rings. The van der Waals surface area contributed by atoms with Gasteiger partial charge in [-0.1, -0.05) is 0 Å². The van der Waals surface area contributed by atoms with Crippen molar-refractivity contribution >= 4 is 24.2 Å². The fourth-order valence-corrected chi connectivity index (χ4v) is 1.98. The summed E-state index contributed by atoms with van der Waals surface area (Å²) >= 11 is 4.13. The molecule has 2 rings (SSSR count). The van der Waals surface area contributed by atoms with Crippen molar-refractivity contribution in [3.63, 3.8) is 0 Å². The first-order valence-electron chi connectivity index (χ1n) is 4.65. The van der Waals surface area contributed by atoms with Crippen LogP contribution in [-0.4, -0.2) is 22.8 Å². The smallest absolute Gasteiger partial charge is 0.228 e. The van der Waals surface area contributed by atoms with E-state index in [1.807, 2.05) is 0 Å². The molecular weight excluding hydrogens is 236 g/mol. The van der Waals surface area contributed by atoms with Gasteiger partial charge < -0.3 is 10.0 Å². The molecule has 0 bridgehead atoms. The molecule has 1 aromatic carbocycles. The first-order valence-corrected chi connectivity index (χ1v) is 5.17. The molecule has 0 aromatic heterocycles. The minimum absolute atomic E-state index is 0.0135. The number of carbonyl (C=O) groups excluding carboxylic acids is 1. The second-order valence-corrected chi connectivity index (χ2v) is 4.35. The SMILES string of the molecule is O=C1CC(S)CN1c1cc(F)c(F)cc1O. The summed E-state index contributed by atoms with van der Waals surface area (Å²) < 4.78 is 25.8. The van der Waals surface area contributed by atoms with Gasteiger partial charge in [0.1, 0.15) is 5.75 Å². The minimum Gasteiger partial charge on any atom is -0.506 e. The molecule has 0 radical (unpaired) electrons. The van der Waals surface area contributed by atoms with Crippen LogP contribution < -0.4 is 4.90 Å². The van der Waals surface area contributed by atoms with Gasteiger partial charge in [-0.3, -0.25) is 4.79 Å². The van der Waals surface area contributed by atoms with Gasteiger partial charge in [0.05, 0.1) is 5.69 Å². The number of phenolic OH excluding ortho intramolecular Hbond substituents is 1. The molecule has 1 heterocycles. The molecule has 3 nitrogen and oxygen atoms in total. The summed E-state index contributed by atoms with van der Waals surface area (Å²) in [4.78, 5) is 12.7. The zero-order valence-corrected chi connectivity index (χ0v) is 9.05. The highest BCUT2D eigenvalue weighted by Crippen LogP contribution is 2.33. The van der Waals surface area contributed by atoms with Crippen molar-refractivity contribution < 1.29 is 18.7 Å². The summed E-state index contributed by atoms with van der Waals surface area (Å²) in [5.41, 5.74) is -0.0135. The third-order valence-corrected chi connectivity index (χ3v) is 2.76. The van der Waals surface area contributed by atoms with Crippen molar-refractivity contribution in [2.45, 2.75) is 11.7 Å². The number of rotatable bonds is 1. The van der Waals surface area contributed by atoms with Gasteiger partial charge in [0.2, 0.25) is 5.91 Å². The van der Waals surface area contributed by atoms with Gasteiger partial charge in [-0.05, 0) is 0 Å². The summed E-state index contributed by atoms with van der Waals surface area (Å²) in [7, 11) is 0. The van der Waals surface area contributed by atoms with Crippen LogP contribution in [-0.2, 0) is 4.79 Å². The van der Waals surface area contributed by atoms with Crippen LogP contribution in [0.2, 0.25) is 0 Å². The Morgan fingerprint density at radius 2 is 2.00 bits per heavy atom. The van der Waals surface area contributed by atoms with E-state index >= 15 is 0 Å². The van der Waals surface area contributed by atoms with Crippen LogP contribution >= 0.6 is 12.6 Å². The Balaban J connectivity index is 2.41. The van der Waals surface area contributed by atoms with Crippen molar-refractivity contribution in [2.75, 3.05) is 11.4 Å². The lowest BCUT2D eigenvalue weighted by Crippen LogP contribution is -2.24. The predicted octanol–water partition coefficient (Wildman–Crippen LogP) is 1.71. The molecule has 1 atom stereocenters. The topological polar surface area (TPSA) is 40.5 Å². The molecule has 0 saturated carbocycles. The van der Waals surface area contributed by atoms with Gasteiger partial charge in [-0.15, -0.1) is 0 Å². The Labute approximate surface area is 96.1 Å². The van der Waals surface area contributed by atoms with Crippen LogP contribution in [0.3, 0.4) is 0 Å². The maximum Gasteiger partial charge on any atom is 0.228 e. The van der Waals surface area contributed by atoms with Gasteiger partial charge in [0.15, 0.2) is 11.6 Å². The monoisotopic (exact) mass is 245 g/mol. The molecule has 16 heavy (non-hydrogen) atoms. The van der Waals surface area contributed by atoms with Crippen LogP contribution in [0.1, 0.15) is 6.42 Å². The van der Waals surface area contributed by atoms with Gasteiger partial charge in [-0.2, -0.15) is 12.6 Å². The first kappa shape index (κ1) is 11.2. The highest BCUT2D eigenvalue weighted by Gasteiger charge is 2.30. The molecule has 1 aliphatic rings. The highest BCUT2D eigenvalue weighted by molar-refractivity contribution is 7.81. The molecule has 1 saturated heterocycles. The number of hydrogen-bond acceptors (Lipinski definition) is 3. The van der Waals surface area contributed by atoms with Crippen molar-refractivity contribution in [3.05, 3.63) is 23.8 Å². The van der Waals surface area contributed by atoms with Crippen LogP contribution in [0.15, 0.2) is 12.1 Å². The molecule has 0 spiro atoms. The van der Waals surface area contributed by atoms with E-state index in [-0.39, 0.29) is 29.8 Å². The first-order chi connectivity index (χ1) is 7.49. The molecule has 1 aromatic rings. The number of anilines is 1. The molecule has 86 valence electrons. The van der Waals surface area contributed by atoms with Crippen LogP contribution in [0.4, 0.5) is 14.5 Å². The number of thiol groups is 1. The van der Waals surface area contributed by atoms with Crippen LogP contribution in [0, 0.1) is 11.6 Å². The molecule has 1 amide bonds. The fourth-order valence-electron chi connectivity index (χ4n) is 1.66. The third kappa shape index (κ3) is 1.84. The second kappa shape index (κ2) is 3.93. The molecule has 0 aliphatic carbocycles. The van der Waals surface area contributed by atoms with Crippen molar-refractivity contribution in [1.82, 2.24) is 0 Å². The maximum atomic E-state index is 13.0. The van der Waals surface area contributed by atoms with E-state index in [9.17, 15) is 18.7 Å². The Morgan fingerprint density at radius 1 is 1.38 bits per heavy atom. The summed E-state index contributed by atoms with van der Waals surface area (Å²) in [6.45, 7) is 0.278. The predicted molar refractivity (Wildman–Crippen MR) is 57.8 cm³/mol. The van der Waals surface area contributed by atoms with Crippen molar-refractivity contribution in [1.29, 1.82) is 0 Å². The Bertz CT molecular complexity index is 453. The van der Waals surface area contributed by atoms with Crippen molar-refractivity contribution in [2.24, 2.45) is 0 Å². The minimum atomic E-state index is -1.14. The van der Waals surface area contributed by atoms with E-state index in [0.29, 0.717) is 6.07 Å². The Hall–Kier alpha value is -1.30. The maximum absolute atomic E-state index is 13.0. The normalized spacial score (nSPS) is 20.6. The van der Waals surface area contributed by atoms with E-state index in [4.69, 9.17) is 0 Å². The van der Waals surface area contributed by atoms with E-state index < -0.39 is 17.4 Å². The van der Waals surface area contributed by atoms with Crippen LogP contribution in [0.5, 0.6) is 5.75 Å². The van der Waals surface area contributed by atoms with Gasteiger partial charge in [0, 0.05) is 30.3 Å². The lowest BCUT2D eigenvalue weighted by atomic mass is 10.2. The third-order valence-electron chi connectivity index (χ3n) is 2.41. The average molecular weight is 245 g/mol. The number of hydrogen-bond donors (Lipinski definition) is 2. The zero-order chi connectivity index (χ0) is 11.9. The Morgan fingerprint density at radius 3 is 2.56 bits per heavy atom. The molecular formula is C10H9F2NO2S. The van der Waals surface area contributed by atoms with Gasteiger partial charge in [0.25, 0.3) is 0 Å². The van der Waals surface area contributed by atoms with Crippen molar-refractivity contribution in [3.8, 4) is 5.75 Å². The summed E-state index contributed by atoms with van der Waals surface area (Å²) in [5.74, 6) is -2.95. The molecule has 6 heteroatoms. The zero-order valence-electron chi connectivity index (χ0n) is 8.15. The highest BCUT2D eigenvalue weighted by atomic mass is 32.1. The number of amides is 1. The van der Waals surface area contributed by atoms with E-state index in [1.54, 1.807) is 0 Å². The molecule has 1 unspecified atom stereocenters. The number of phenols is 1. The summed E-state index contributed by atoms with van der Waals surface area (Å²) in [6.07, 6.45) is 0.224. The fraction of sp³-hybridized carbons (Fsp3) is 0.300. The van der Waals surface area contributed by atoms with E-state index in [2.05, 4.69) is 12.6 Å². The quantitative estimate of drug-likeness (QED) is 0.739. The second-order valence-electron chi connectivity index (χ2n) is 3.62. The summed E-state index contributed by atoms with van der Waals surface area (Å²) in [5, 5.41) is 9.30. The number of aromatic hydroxyl groups is 1.